The van der Waals surface area contributed by atoms with Crippen molar-refractivity contribution < 1.29 is 14.3 Å². The van der Waals surface area contributed by atoms with Crippen LogP contribution in [0.2, 0.25) is 0 Å². The third-order valence-corrected chi connectivity index (χ3v) is 4.91. The molecule has 154 valence electrons. The number of carbonyl (C=O) groups excluding carboxylic acids is 2. The van der Waals surface area contributed by atoms with E-state index >= 15 is 0 Å². The largest absolute Gasteiger partial charge is 0.474 e. The molecular weight excluding hydrogens is 366 g/mol. The van der Waals surface area contributed by atoms with E-state index in [0.717, 1.165) is 18.4 Å². The van der Waals surface area contributed by atoms with E-state index in [2.05, 4.69) is 15.6 Å². The summed E-state index contributed by atoms with van der Waals surface area (Å²) in [4.78, 5) is 29.0. The van der Waals surface area contributed by atoms with Crippen LogP contribution in [0.5, 0.6) is 5.88 Å². The Morgan fingerprint density at radius 2 is 1.90 bits per heavy atom. The van der Waals surface area contributed by atoms with Crippen LogP contribution in [0.3, 0.4) is 0 Å². The number of hydrogen-bond donors (Lipinski definition) is 2. The van der Waals surface area contributed by atoms with Gasteiger partial charge in [-0.2, -0.15) is 0 Å². The van der Waals surface area contributed by atoms with E-state index in [0.29, 0.717) is 23.7 Å². The molecule has 3 rings (SSSR count). The molecule has 0 aliphatic heterocycles. The number of benzene rings is 1. The molecular formula is C23H29N3O3. The molecule has 0 atom stereocenters. The summed E-state index contributed by atoms with van der Waals surface area (Å²) in [6, 6.07) is 10.7. The monoisotopic (exact) mass is 395 g/mol. The van der Waals surface area contributed by atoms with E-state index in [1.165, 1.54) is 12.8 Å². The fourth-order valence-electron chi connectivity index (χ4n) is 3.14. The van der Waals surface area contributed by atoms with Crippen LogP contribution in [0, 0.1) is 5.41 Å². The van der Waals surface area contributed by atoms with Crippen LogP contribution in [0.15, 0.2) is 42.6 Å². The first-order valence-corrected chi connectivity index (χ1v) is 10.1. The van der Waals surface area contributed by atoms with Gasteiger partial charge < -0.3 is 15.4 Å². The third kappa shape index (κ3) is 6.04. The first kappa shape index (κ1) is 20.8. The number of ether oxygens (including phenoxy) is 1. The second-order valence-electron chi connectivity index (χ2n) is 8.49. The van der Waals surface area contributed by atoms with E-state index in [4.69, 9.17) is 4.74 Å². The zero-order chi connectivity index (χ0) is 20.9. The van der Waals surface area contributed by atoms with Gasteiger partial charge in [-0.3, -0.25) is 9.59 Å². The fourth-order valence-corrected chi connectivity index (χ4v) is 3.14. The van der Waals surface area contributed by atoms with Gasteiger partial charge >= 0.3 is 0 Å². The highest BCUT2D eigenvalue weighted by atomic mass is 16.5. The first-order chi connectivity index (χ1) is 13.8. The Labute approximate surface area is 172 Å². The maximum atomic E-state index is 12.5. The van der Waals surface area contributed by atoms with Crippen LogP contribution in [0.1, 0.15) is 62.4 Å². The Kier molecular flexibility index (Phi) is 6.52. The Bertz CT molecular complexity index is 868. The van der Waals surface area contributed by atoms with E-state index in [1.54, 1.807) is 30.5 Å². The summed E-state index contributed by atoms with van der Waals surface area (Å²) in [5.74, 6) is 0.309. The molecule has 6 nitrogen and oxygen atoms in total. The van der Waals surface area contributed by atoms with Crippen molar-refractivity contribution in [3.8, 4) is 5.88 Å². The van der Waals surface area contributed by atoms with Gasteiger partial charge in [-0.25, -0.2) is 4.98 Å². The highest BCUT2D eigenvalue weighted by molar-refractivity contribution is 5.98. The lowest BCUT2D eigenvalue weighted by Crippen LogP contribution is -2.28. The molecule has 6 heteroatoms. The topological polar surface area (TPSA) is 80.3 Å². The Hall–Kier alpha value is -2.89. The molecule has 0 unspecified atom stereocenters. The van der Waals surface area contributed by atoms with Crippen LogP contribution in [0.4, 0.5) is 5.69 Å². The number of anilines is 1. The second kappa shape index (κ2) is 9.07. The van der Waals surface area contributed by atoms with Crippen molar-refractivity contribution in [3.63, 3.8) is 0 Å². The van der Waals surface area contributed by atoms with E-state index in [-0.39, 0.29) is 17.9 Å². The minimum Gasteiger partial charge on any atom is -0.474 e. The summed E-state index contributed by atoms with van der Waals surface area (Å²) in [7, 11) is 0. The predicted molar refractivity (Wildman–Crippen MR) is 113 cm³/mol. The minimum atomic E-state index is -0.502. The molecule has 1 fully saturated rings. The maximum Gasteiger partial charge on any atom is 0.251 e. The Balaban J connectivity index is 1.58. The summed E-state index contributed by atoms with van der Waals surface area (Å²) in [6.07, 6.45) is 6.51. The first-order valence-electron chi connectivity index (χ1n) is 10.1. The van der Waals surface area contributed by atoms with Gasteiger partial charge in [-0.05, 0) is 55.5 Å². The maximum absolute atomic E-state index is 12.5. The second-order valence-corrected chi connectivity index (χ2v) is 8.49. The van der Waals surface area contributed by atoms with Gasteiger partial charge in [0.25, 0.3) is 5.91 Å². The standard InChI is InChI=1S/C23H29N3O3/c1-23(2,3)22(28)26-18-8-6-7-17(14-18)21(27)25-15-16-11-12-24-20(13-16)29-19-9-4-5-10-19/h6-8,11-14,19H,4-5,9-10,15H2,1-3H3,(H,25,27)(H,26,28). The van der Waals surface area contributed by atoms with Crippen molar-refractivity contribution in [2.24, 2.45) is 5.41 Å². The molecule has 2 N–H and O–H groups in total. The summed E-state index contributed by atoms with van der Waals surface area (Å²) < 4.78 is 5.92. The van der Waals surface area contributed by atoms with Crippen LogP contribution in [-0.4, -0.2) is 22.9 Å². The van der Waals surface area contributed by atoms with Crippen molar-refractivity contribution in [2.45, 2.75) is 59.1 Å². The number of amides is 2. The Morgan fingerprint density at radius 1 is 1.14 bits per heavy atom. The summed E-state index contributed by atoms with van der Waals surface area (Å²) in [5, 5.41) is 5.76. The number of carbonyl (C=O) groups is 2. The van der Waals surface area contributed by atoms with Crippen molar-refractivity contribution >= 4 is 17.5 Å². The van der Waals surface area contributed by atoms with Gasteiger partial charge in [0.15, 0.2) is 0 Å². The van der Waals surface area contributed by atoms with Gasteiger partial charge in [-0.1, -0.05) is 26.8 Å². The molecule has 1 aliphatic rings. The molecule has 0 bridgehead atoms. The molecule has 2 aromatic rings. The molecule has 0 saturated heterocycles. The lowest BCUT2D eigenvalue weighted by atomic mass is 9.95. The fraction of sp³-hybridized carbons (Fsp3) is 0.435. The molecule has 29 heavy (non-hydrogen) atoms. The summed E-state index contributed by atoms with van der Waals surface area (Å²) >= 11 is 0. The van der Waals surface area contributed by atoms with E-state index in [1.807, 2.05) is 32.9 Å². The van der Waals surface area contributed by atoms with Crippen LogP contribution >= 0.6 is 0 Å². The number of nitrogens with zero attached hydrogens (tertiary/aromatic N) is 1. The average molecular weight is 396 g/mol. The molecule has 2 amide bonds. The van der Waals surface area contributed by atoms with Gasteiger partial charge in [-0.15, -0.1) is 0 Å². The molecule has 0 spiro atoms. The van der Waals surface area contributed by atoms with Gasteiger partial charge in [0.2, 0.25) is 11.8 Å². The van der Waals surface area contributed by atoms with E-state index < -0.39 is 5.41 Å². The number of pyridine rings is 1. The molecule has 1 aromatic carbocycles. The highest BCUT2D eigenvalue weighted by Crippen LogP contribution is 2.23. The van der Waals surface area contributed by atoms with Crippen molar-refractivity contribution in [3.05, 3.63) is 53.7 Å². The van der Waals surface area contributed by atoms with Crippen LogP contribution < -0.4 is 15.4 Å². The number of hydrogen-bond acceptors (Lipinski definition) is 4. The lowest BCUT2D eigenvalue weighted by Gasteiger charge is -2.18. The normalized spacial score (nSPS) is 14.4. The van der Waals surface area contributed by atoms with Crippen molar-refractivity contribution in [1.82, 2.24) is 10.3 Å². The number of aromatic nitrogens is 1. The molecule has 1 aromatic heterocycles. The predicted octanol–water partition coefficient (Wildman–Crippen LogP) is 4.32. The van der Waals surface area contributed by atoms with Crippen molar-refractivity contribution in [2.75, 3.05) is 5.32 Å². The zero-order valence-electron chi connectivity index (χ0n) is 17.3. The molecule has 0 radical (unpaired) electrons. The average Bonchev–Trinajstić information content (AvgIpc) is 3.19. The smallest absolute Gasteiger partial charge is 0.251 e. The molecule has 1 aliphatic carbocycles. The van der Waals surface area contributed by atoms with Crippen LogP contribution in [-0.2, 0) is 11.3 Å². The molecule has 1 saturated carbocycles. The third-order valence-electron chi connectivity index (χ3n) is 4.91. The van der Waals surface area contributed by atoms with Crippen LogP contribution in [0.25, 0.3) is 0 Å². The summed E-state index contributed by atoms with van der Waals surface area (Å²) in [6.45, 7) is 5.91. The van der Waals surface area contributed by atoms with Gasteiger partial charge in [0.05, 0.1) is 0 Å². The molecule has 1 heterocycles. The SMILES string of the molecule is CC(C)(C)C(=O)Nc1cccc(C(=O)NCc2ccnc(OC3CCCC3)c2)c1. The highest BCUT2D eigenvalue weighted by Gasteiger charge is 2.21. The Morgan fingerprint density at radius 3 is 2.62 bits per heavy atom. The van der Waals surface area contributed by atoms with Crippen molar-refractivity contribution in [1.29, 1.82) is 0 Å². The minimum absolute atomic E-state index is 0.0957. The summed E-state index contributed by atoms with van der Waals surface area (Å²) in [5.41, 5.74) is 1.53. The quantitative estimate of drug-likeness (QED) is 0.763. The number of rotatable bonds is 6. The lowest BCUT2D eigenvalue weighted by molar-refractivity contribution is -0.123. The number of nitrogens with one attached hydrogen (secondary N) is 2. The zero-order valence-corrected chi connectivity index (χ0v) is 17.3. The van der Waals surface area contributed by atoms with Gasteiger partial charge in [0, 0.05) is 35.5 Å². The van der Waals surface area contributed by atoms with Gasteiger partial charge in [0.1, 0.15) is 6.10 Å². The van der Waals surface area contributed by atoms with E-state index in [9.17, 15) is 9.59 Å².